The first-order valence-corrected chi connectivity index (χ1v) is 3.77. The molecular weight excluding hydrogens is 186 g/mol. The van der Waals surface area contributed by atoms with Crippen LogP contribution in [0.2, 0.25) is 0 Å². The molecule has 1 aromatic carbocycles. The van der Waals surface area contributed by atoms with Crippen molar-refractivity contribution in [2.75, 3.05) is 6.61 Å². The Balaban J connectivity index is 2.53. The lowest BCUT2D eigenvalue weighted by Gasteiger charge is -2.02. The topological polar surface area (TPSA) is 86.7 Å². The number of hydrogen-bond donors (Lipinski definition) is 2. The fourth-order valence-corrected chi connectivity index (χ4v) is 0.790. The van der Waals surface area contributed by atoms with Gasteiger partial charge >= 0.3 is 5.69 Å². The van der Waals surface area contributed by atoms with Crippen molar-refractivity contribution >= 4 is 11.6 Å². The van der Waals surface area contributed by atoms with Crippen LogP contribution in [0.4, 0.5) is 5.69 Å². The summed E-state index contributed by atoms with van der Waals surface area (Å²) in [6.07, 6.45) is 0. The molecule has 0 aliphatic rings. The molecule has 0 saturated carbocycles. The highest BCUT2D eigenvalue weighted by molar-refractivity contribution is 5.76. The van der Waals surface area contributed by atoms with Crippen molar-refractivity contribution in [1.29, 1.82) is 5.39 Å². The molecule has 6 nitrogen and oxygen atoms in total. The molecular formula is C8H8N3O3+. The van der Waals surface area contributed by atoms with Gasteiger partial charge in [0.15, 0.2) is 11.6 Å². The molecule has 0 heterocycles. The molecule has 1 amide bonds. The van der Waals surface area contributed by atoms with Crippen molar-refractivity contribution in [3.63, 3.8) is 0 Å². The highest BCUT2D eigenvalue weighted by Gasteiger charge is 2.04. The standard InChI is InChI=1S/C8H7N3O3/c9-10-6-1-3-7(4-2-6)14-5-8(12)11-13/h1-4H,5H2,(H-,11,12,13)/p+1. The van der Waals surface area contributed by atoms with Gasteiger partial charge in [-0.25, -0.2) is 5.48 Å². The Kier molecular flexibility index (Phi) is 3.41. The van der Waals surface area contributed by atoms with Gasteiger partial charge in [0.25, 0.3) is 5.91 Å². The van der Waals surface area contributed by atoms with E-state index in [9.17, 15) is 4.79 Å². The SMILES string of the molecule is N#[N+]c1ccc(OCC(=O)NO)cc1. The van der Waals surface area contributed by atoms with E-state index in [1.54, 1.807) is 12.1 Å². The quantitative estimate of drug-likeness (QED) is 0.427. The lowest BCUT2D eigenvalue weighted by atomic mass is 10.3. The smallest absolute Gasteiger partial charge is 0.385 e. The number of diazo groups is 1. The summed E-state index contributed by atoms with van der Waals surface area (Å²) in [7, 11) is 0. The molecule has 0 aliphatic carbocycles. The summed E-state index contributed by atoms with van der Waals surface area (Å²) >= 11 is 0. The Morgan fingerprint density at radius 1 is 1.50 bits per heavy atom. The molecule has 0 saturated heterocycles. The molecule has 72 valence electrons. The van der Waals surface area contributed by atoms with Gasteiger partial charge < -0.3 is 4.74 Å². The van der Waals surface area contributed by atoms with Gasteiger partial charge in [0.05, 0.1) is 0 Å². The normalized spacial score (nSPS) is 8.86. The number of rotatable bonds is 3. The number of hydrogen-bond acceptors (Lipinski definition) is 4. The molecule has 0 spiro atoms. The lowest BCUT2D eigenvalue weighted by molar-refractivity contribution is -0.131. The maximum absolute atomic E-state index is 10.6. The van der Waals surface area contributed by atoms with E-state index in [1.807, 2.05) is 0 Å². The van der Waals surface area contributed by atoms with Crippen molar-refractivity contribution in [1.82, 2.24) is 5.48 Å². The molecule has 0 aromatic heterocycles. The van der Waals surface area contributed by atoms with E-state index in [1.165, 1.54) is 17.6 Å². The highest BCUT2D eigenvalue weighted by Crippen LogP contribution is 2.17. The largest absolute Gasteiger partial charge is 0.484 e. The Hall–Kier alpha value is -2.13. The summed E-state index contributed by atoms with van der Waals surface area (Å²) in [5.41, 5.74) is 1.83. The molecule has 1 aromatic rings. The first kappa shape index (κ1) is 9.95. The predicted molar refractivity (Wildman–Crippen MR) is 46.6 cm³/mol. The van der Waals surface area contributed by atoms with Gasteiger partial charge in [-0.15, -0.1) is 0 Å². The fourth-order valence-electron chi connectivity index (χ4n) is 0.790. The van der Waals surface area contributed by atoms with Gasteiger partial charge in [0, 0.05) is 12.1 Å². The second kappa shape index (κ2) is 4.79. The van der Waals surface area contributed by atoms with Crippen LogP contribution in [0, 0.1) is 5.39 Å². The Morgan fingerprint density at radius 2 is 2.14 bits per heavy atom. The van der Waals surface area contributed by atoms with Crippen LogP contribution < -0.4 is 10.2 Å². The number of carbonyl (C=O) groups is 1. The number of hydroxylamine groups is 1. The maximum Gasteiger partial charge on any atom is 0.385 e. The zero-order valence-electron chi connectivity index (χ0n) is 7.17. The van der Waals surface area contributed by atoms with E-state index in [0.29, 0.717) is 11.4 Å². The summed E-state index contributed by atoms with van der Waals surface area (Å²) < 4.78 is 4.96. The van der Waals surface area contributed by atoms with Crippen LogP contribution >= 0.6 is 0 Å². The van der Waals surface area contributed by atoms with Gasteiger partial charge in [-0.3, -0.25) is 10.0 Å². The van der Waals surface area contributed by atoms with Crippen molar-refractivity contribution in [3.05, 3.63) is 29.2 Å². The van der Waals surface area contributed by atoms with E-state index >= 15 is 0 Å². The van der Waals surface area contributed by atoms with Crippen molar-refractivity contribution in [2.24, 2.45) is 0 Å². The second-order valence-corrected chi connectivity index (χ2v) is 2.42. The van der Waals surface area contributed by atoms with Crippen molar-refractivity contribution in [2.45, 2.75) is 0 Å². The molecule has 0 atom stereocenters. The van der Waals surface area contributed by atoms with Gasteiger partial charge in [-0.2, -0.15) is 0 Å². The molecule has 0 unspecified atom stereocenters. The number of benzene rings is 1. The minimum atomic E-state index is -0.638. The highest BCUT2D eigenvalue weighted by atomic mass is 16.5. The summed E-state index contributed by atoms with van der Waals surface area (Å²) in [5.74, 6) is -0.193. The lowest BCUT2D eigenvalue weighted by Crippen LogP contribution is -2.25. The van der Waals surface area contributed by atoms with Crippen molar-refractivity contribution in [3.8, 4) is 5.75 Å². The average molecular weight is 194 g/mol. The van der Waals surface area contributed by atoms with E-state index in [0.717, 1.165) is 0 Å². The van der Waals surface area contributed by atoms with Gasteiger partial charge in [0.2, 0.25) is 5.39 Å². The van der Waals surface area contributed by atoms with Crippen LogP contribution in [0.25, 0.3) is 4.98 Å². The van der Waals surface area contributed by atoms with Crippen LogP contribution in [0.3, 0.4) is 0 Å². The average Bonchev–Trinajstić information content (AvgIpc) is 2.26. The number of nitrogens with zero attached hydrogens (tertiary/aromatic N) is 2. The molecule has 0 aliphatic heterocycles. The first-order valence-electron chi connectivity index (χ1n) is 3.77. The first-order chi connectivity index (χ1) is 6.76. The fraction of sp³-hybridized carbons (Fsp3) is 0.125. The third-order valence-corrected chi connectivity index (χ3v) is 1.45. The number of nitrogens with one attached hydrogen (secondary N) is 1. The van der Waals surface area contributed by atoms with Crippen LogP contribution in [0.15, 0.2) is 24.3 Å². The van der Waals surface area contributed by atoms with Gasteiger partial charge in [-0.05, 0) is 12.1 Å². The summed E-state index contributed by atoms with van der Waals surface area (Å²) in [6.45, 7) is -0.272. The number of amides is 1. The summed E-state index contributed by atoms with van der Waals surface area (Å²) in [5, 5.41) is 16.5. The molecule has 14 heavy (non-hydrogen) atoms. The van der Waals surface area contributed by atoms with Crippen LogP contribution in [-0.2, 0) is 4.79 Å². The third kappa shape index (κ3) is 2.73. The second-order valence-electron chi connectivity index (χ2n) is 2.42. The number of ether oxygens (including phenoxy) is 1. The Morgan fingerprint density at radius 3 is 2.64 bits per heavy atom. The predicted octanol–water partition coefficient (Wildman–Crippen LogP) is 1.06. The van der Waals surface area contributed by atoms with Crippen LogP contribution in [0.1, 0.15) is 0 Å². The van der Waals surface area contributed by atoms with E-state index in [-0.39, 0.29) is 6.61 Å². The third-order valence-electron chi connectivity index (χ3n) is 1.45. The van der Waals surface area contributed by atoms with Gasteiger partial charge in [-0.1, -0.05) is 0 Å². The zero-order valence-corrected chi connectivity index (χ0v) is 7.17. The zero-order chi connectivity index (χ0) is 10.4. The van der Waals surface area contributed by atoms with E-state index in [4.69, 9.17) is 15.3 Å². The molecule has 0 fully saturated rings. The van der Waals surface area contributed by atoms with E-state index in [2.05, 4.69) is 4.98 Å². The molecule has 0 bridgehead atoms. The maximum atomic E-state index is 10.6. The minimum Gasteiger partial charge on any atom is -0.484 e. The number of carbonyl (C=O) groups excluding carboxylic acids is 1. The molecule has 2 N–H and O–H groups in total. The van der Waals surface area contributed by atoms with Crippen LogP contribution in [-0.4, -0.2) is 17.7 Å². The van der Waals surface area contributed by atoms with E-state index < -0.39 is 5.91 Å². The van der Waals surface area contributed by atoms with Crippen LogP contribution in [0.5, 0.6) is 5.75 Å². The summed E-state index contributed by atoms with van der Waals surface area (Å²) in [4.78, 5) is 13.5. The summed E-state index contributed by atoms with van der Waals surface area (Å²) in [6, 6.07) is 6.12. The monoisotopic (exact) mass is 194 g/mol. The molecule has 6 heteroatoms. The molecule has 1 rings (SSSR count). The Labute approximate surface area is 79.7 Å². The van der Waals surface area contributed by atoms with Gasteiger partial charge in [0.1, 0.15) is 5.75 Å². The minimum absolute atomic E-state index is 0.272. The van der Waals surface area contributed by atoms with Crippen molar-refractivity contribution < 1.29 is 14.7 Å². The Bertz CT molecular complexity index is 355. The molecule has 0 radical (unpaired) electrons.